The minimum absolute atomic E-state index is 0.430. The van der Waals surface area contributed by atoms with E-state index < -0.39 is 0 Å². The molecule has 0 aromatic carbocycles. The first-order chi connectivity index (χ1) is 7.84. The summed E-state index contributed by atoms with van der Waals surface area (Å²) in [5, 5.41) is 4.68. The van der Waals surface area contributed by atoms with Gasteiger partial charge in [0.2, 0.25) is 0 Å². The van der Waals surface area contributed by atoms with Crippen LogP contribution in [0.15, 0.2) is 0 Å². The van der Waals surface area contributed by atoms with Crippen LogP contribution in [0, 0.1) is 0 Å². The maximum Gasteiger partial charge on any atom is 0.156 e. The zero-order chi connectivity index (χ0) is 11.0. The fourth-order valence-corrected chi connectivity index (χ4v) is 2.69. The Balaban J connectivity index is 1.85. The fraction of sp³-hybridized carbons (Fsp3) is 0.833. The summed E-state index contributed by atoms with van der Waals surface area (Å²) in [5.41, 5.74) is 0. The predicted octanol–water partition coefficient (Wildman–Crippen LogP) is 2.07. The van der Waals surface area contributed by atoms with E-state index in [0.29, 0.717) is 12.0 Å². The van der Waals surface area contributed by atoms with Gasteiger partial charge in [0.1, 0.15) is 5.82 Å². The summed E-state index contributed by atoms with van der Waals surface area (Å²) in [6.45, 7) is 3.94. The Labute approximate surface area is 96.0 Å². The van der Waals surface area contributed by atoms with Gasteiger partial charge < -0.3 is 4.74 Å². The van der Waals surface area contributed by atoms with Crippen LogP contribution in [0.4, 0.5) is 0 Å². The second-order valence-corrected chi connectivity index (χ2v) is 4.99. The van der Waals surface area contributed by atoms with Gasteiger partial charge in [0.15, 0.2) is 5.82 Å². The molecular formula is C12H19N3O. The van der Waals surface area contributed by atoms with Gasteiger partial charge in [-0.25, -0.2) is 9.67 Å². The van der Waals surface area contributed by atoms with Gasteiger partial charge in [0.05, 0.1) is 12.6 Å². The van der Waals surface area contributed by atoms with Gasteiger partial charge in [-0.15, -0.1) is 0 Å². The van der Waals surface area contributed by atoms with Gasteiger partial charge >= 0.3 is 0 Å². The number of ether oxygens (including phenoxy) is 1. The quantitative estimate of drug-likeness (QED) is 0.729. The molecule has 4 nitrogen and oxygen atoms in total. The summed E-state index contributed by atoms with van der Waals surface area (Å²) in [4.78, 5) is 4.70. The van der Waals surface area contributed by atoms with Gasteiger partial charge in [-0.1, -0.05) is 0 Å². The zero-order valence-corrected chi connectivity index (χ0v) is 9.85. The lowest BCUT2D eigenvalue weighted by atomic mass is 10.0. The van der Waals surface area contributed by atoms with Crippen LogP contribution in [0.5, 0.6) is 0 Å². The Kier molecular flexibility index (Phi) is 2.67. The molecule has 0 spiro atoms. The molecule has 3 rings (SSSR count). The van der Waals surface area contributed by atoms with Crippen molar-refractivity contribution in [1.82, 2.24) is 14.8 Å². The van der Waals surface area contributed by atoms with Gasteiger partial charge in [-0.3, -0.25) is 0 Å². The lowest BCUT2D eigenvalue weighted by molar-refractivity contribution is 0.0779. The Morgan fingerprint density at radius 3 is 3.00 bits per heavy atom. The van der Waals surface area contributed by atoms with Crippen LogP contribution in [-0.2, 0) is 11.2 Å². The van der Waals surface area contributed by atoms with E-state index in [0.717, 1.165) is 31.9 Å². The van der Waals surface area contributed by atoms with E-state index >= 15 is 0 Å². The lowest BCUT2D eigenvalue weighted by Crippen LogP contribution is -2.18. The maximum atomic E-state index is 5.51. The third-order valence-electron chi connectivity index (χ3n) is 3.68. The molecule has 2 atom stereocenters. The van der Waals surface area contributed by atoms with Crippen LogP contribution in [0.1, 0.15) is 56.2 Å². The molecule has 0 amide bonds. The molecule has 2 unspecified atom stereocenters. The number of hydrogen-bond acceptors (Lipinski definition) is 3. The van der Waals surface area contributed by atoms with Crippen molar-refractivity contribution in [3.63, 3.8) is 0 Å². The van der Waals surface area contributed by atoms with Crippen molar-refractivity contribution < 1.29 is 4.74 Å². The van der Waals surface area contributed by atoms with E-state index in [1.807, 2.05) is 0 Å². The van der Waals surface area contributed by atoms with Crippen molar-refractivity contribution >= 4 is 0 Å². The number of rotatable bonds is 1. The topological polar surface area (TPSA) is 39.9 Å². The molecular weight excluding hydrogens is 202 g/mol. The molecule has 1 fully saturated rings. The van der Waals surface area contributed by atoms with Crippen molar-refractivity contribution in [2.45, 2.75) is 51.0 Å². The second-order valence-electron chi connectivity index (χ2n) is 4.99. The third kappa shape index (κ3) is 1.75. The normalized spacial score (nSPS) is 30.1. The molecule has 0 bridgehead atoms. The highest BCUT2D eigenvalue weighted by Crippen LogP contribution is 2.27. The molecule has 3 heterocycles. The summed E-state index contributed by atoms with van der Waals surface area (Å²) in [7, 11) is 0. The highest BCUT2D eigenvalue weighted by molar-refractivity contribution is 5.03. The molecule has 88 valence electrons. The van der Waals surface area contributed by atoms with Gasteiger partial charge in [-0.05, 0) is 32.6 Å². The Morgan fingerprint density at radius 2 is 2.25 bits per heavy atom. The summed E-state index contributed by atoms with van der Waals surface area (Å²) in [6, 6.07) is 0.523. The molecule has 0 saturated carbocycles. The van der Waals surface area contributed by atoms with E-state index in [9.17, 15) is 0 Å². The molecule has 2 aliphatic rings. The van der Waals surface area contributed by atoms with Gasteiger partial charge in [-0.2, -0.15) is 5.10 Å². The molecule has 4 heteroatoms. The first-order valence-electron chi connectivity index (χ1n) is 6.37. The summed E-state index contributed by atoms with van der Waals surface area (Å²) < 4.78 is 7.64. The van der Waals surface area contributed by atoms with Crippen molar-refractivity contribution in [2.75, 3.05) is 13.2 Å². The Hall–Kier alpha value is -0.900. The number of hydrogen-bond donors (Lipinski definition) is 0. The van der Waals surface area contributed by atoms with Crippen molar-refractivity contribution in [3.05, 3.63) is 11.6 Å². The first-order valence-corrected chi connectivity index (χ1v) is 6.37. The molecule has 1 saturated heterocycles. The van der Waals surface area contributed by atoms with Crippen LogP contribution in [-0.4, -0.2) is 28.0 Å². The SMILES string of the molecule is CC1CCCc2nc(C3CCCOC3)nn21. The zero-order valence-electron chi connectivity index (χ0n) is 9.85. The Morgan fingerprint density at radius 1 is 1.31 bits per heavy atom. The Bertz CT molecular complexity index is 368. The average Bonchev–Trinajstić information content (AvgIpc) is 2.76. The molecule has 0 aliphatic carbocycles. The van der Waals surface area contributed by atoms with Crippen LogP contribution in [0.3, 0.4) is 0 Å². The molecule has 1 aromatic rings. The van der Waals surface area contributed by atoms with E-state index in [1.54, 1.807) is 0 Å². The minimum Gasteiger partial charge on any atom is -0.381 e. The van der Waals surface area contributed by atoms with E-state index in [4.69, 9.17) is 9.72 Å². The van der Waals surface area contributed by atoms with Crippen molar-refractivity contribution in [3.8, 4) is 0 Å². The average molecular weight is 221 g/mol. The number of fused-ring (bicyclic) bond motifs is 1. The second kappa shape index (κ2) is 4.17. The van der Waals surface area contributed by atoms with E-state index in [2.05, 4.69) is 16.7 Å². The van der Waals surface area contributed by atoms with E-state index in [1.165, 1.54) is 25.1 Å². The maximum absolute atomic E-state index is 5.51. The van der Waals surface area contributed by atoms with Crippen molar-refractivity contribution in [1.29, 1.82) is 0 Å². The summed E-state index contributed by atoms with van der Waals surface area (Å²) >= 11 is 0. The van der Waals surface area contributed by atoms with Gasteiger partial charge in [0, 0.05) is 18.9 Å². The summed E-state index contributed by atoms with van der Waals surface area (Å²) in [5.74, 6) is 2.63. The molecule has 0 N–H and O–H groups in total. The monoisotopic (exact) mass is 221 g/mol. The molecule has 1 aromatic heterocycles. The fourth-order valence-electron chi connectivity index (χ4n) is 2.69. The smallest absolute Gasteiger partial charge is 0.156 e. The first kappa shape index (κ1) is 10.3. The molecule has 2 aliphatic heterocycles. The van der Waals surface area contributed by atoms with E-state index in [-0.39, 0.29) is 0 Å². The predicted molar refractivity (Wildman–Crippen MR) is 60.5 cm³/mol. The van der Waals surface area contributed by atoms with Crippen LogP contribution >= 0.6 is 0 Å². The van der Waals surface area contributed by atoms with Crippen LogP contribution < -0.4 is 0 Å². The van der Waals surface area contributed by atoms with Gasteiger partial charge in [0.25, 0.3) is 0 Å². The third-order valence-corrected chi connectivity index (χ3v) is 3.68. The summed E-state index contributed by atoms with van der Waals surface area (Å²) in [6.07, 6.45) is 5.89. The highest BCUT2D eigenvalue weighted by atomic mass is 16.5. The van der Waals surface area contributed by atoms with Crippen LogP contribution in [0.25, 0.3) is 0 Å². The highest BCUT2D eigenvalue weighted by Gasteiger charge is 2.25. The molecule has 0 radical (unpaired) electrons. The number of nitrogens with zero attached hydrogens (tertiary/aromatic N) is 3. The van der Waals surface area contributed by atoms with Crippen molar-refractivity contribution in [2.24, 2.45) is 0 Å². The standard InChI is InChI=1S/C12H19N3O/c1-9-4-2-6-11-13-12(14-15(9)11)10-5-3-7-16-8-10/h9-10H,2-8H2,1H3. The minimum atomic E-state index is 0.430. The number of aromatic nitrogens is 3. The van der Waals surface area contributed by atoms with Crippen LogP contribution in [0.2, 0.25) is 0 Å². The largest absolute Gasteiger partial charge is 0.381 e. The number of aryl methyl sites for hydroxylation is 1. The lowest BCUT2D eigenvalue weighted by Gasteiger charge is -2.19. The molecule has 16 heavy (non-hydrogen) atoms.